The van der Waals surface area contributed by atoms with Gasteiger partial charge in [0.2, 0.25) is 0 Å². The van der Waals surface area contributed by atoms with Gasteiger partial charge in [0.25, 0.3) is 10.0 Å². The van der Waals surface area contributed by atoms with Crippen molar-refractivity contribution < 1.29 is 22.7 Å². The minimum Gasteiger partial charge on any atom is -0.496 e. The smallest absolute Gasteiger partial charge is 0.342 e. The van der Waals surface area contributed by atoms with Crippen LogP contribution in [-0.4, -0.2) is 32.4 Å². The quantitative estimate of drug-likeness (QED) is 0.382. The van der Waals surface area contributed by atoms with Crippen molar-refractivity contribution >= 4 is 27.2 Å². The van der Waals surface area contributed by atoms with Crippen molar-refractivity contribution in [3.8, 4) is 11.8 Å². The molecule has 0 radical (unpaired) electrons. The first kappa shape index (κ1) is 22.5. The Morgan fingerprint density at radius 2 is 1.91 bits per heavy atom. The summed E-state index contributed by atoms with van der Waals surface area (Å²) >= 11 is 0. The third-order valence-electron chi connectivity index (χ3n) is 6.06. The van der Waals surface area contributed by atoms with Gasteiger partial charge in [-0.2, -0.15) is 5.26 Å². The Balaban J connectivity index is 1.44. The minimum atomic E-state index is -3.90. The Morgan fingerprint density at radius 3 is 2.71 bits per heavy atom. The minimum absolute atomic E-state index is 0.0108. The number of carbonyl (C=O) groups excluding carboxylic acids is 1. The number of aromatic nitrogens is 1. The van der Waals surface area contributed by atoms with Gasteiger partial charge in [-0.1, -0.05) is 24.3 Å². The molecule has 35 heavy (non-hydrogen) atoms. The lowest BCUT2D eigenvalue weighted by molar-refractivity contribution is 0.0468. The van der Waals surface area contributed by atoms with Gasteiger partial charge < -0.3 is 13.9 Å². The zero-order valence-corrected chi connectivity index (χ0v) is 19.7. The van der Waals surface area contributed by atoms with Crippen LogP contribution in [0.2, 0.25) is 0 Å². The molecule has 0 amide bonds. The highest BCUT2D eigenvalue weighted by Crippen LogP contribution is 2.34. The first-order valence-electron chi connectivity index (χ1n) is 10.9. The number of rotatable bonds is 6. The van der Waals surface area contributed by atoms with Crippen LogP contribution in [0.15, 0.2) is 78.0 Å². The molecule has 4 aromatic rings. The zero-order valence-electron chi connectivity index (χ0n) is 18.8. The van der Waals surface area contributed by atoms with Gasteiger partial charge in [0.05, 0.1) is 28.8 Å². The van der Waals surface area contributed by atoms with Crippen LogP contribution in [-0.2, 0) is 27.8 Å². The van der Waals surface area contributed by atoms with Crippen molar-refractivity contribution in [1.82, 2.24) is 4.40 Å². The summed E-state index contributed by atoms with van der Waals surface area (Å²) in [5.74, 6) is -0.557. The fourth-order valence-corrected chi connectivity index (χ4v) is 5.86. The molecule has 1 aliphatic heterocycles. The number of para-hydroxylation sites is 1. The van der Waals surface area contributed by atoms with Crippen LogP contribution in [0.3, 0.4) is 0 Å². The van der Waals surface area contributed by atoms with E-state index in [-0.39, 0.29) is 22.8 Å². The van der Waals surface area contributed by atoms with E-state index < -0.39 is 16.0 Å². The number of hydrogen-bond acceptors (Lipinski definition) is 6. The monoisotopic (exact) mass is 487 g/mol. The lowest BCUT2D eigenvalue weighted by atomic mass is 10.2. The van der Waals surface area contributed by atoms with Gasteiger partial charge >= 0.3 is 5.97 Å². The highest BCUT2D eigenvalue weighted by atomic mass is 32.2. The first-order valence-corrected chi connectivity index (χ1v) is 12.3. The Morgan fingerprint density at radius 1 is 1.11 bits per heavy atom. The number of pyridine rings is 1. The summed E-state index contributed by atoms with van der Waals surface area (Å²) in [6.07, 6.45) is 4.15. The average Bonchev–Trinajstić information content (AvgIpc) is 3.48. The Labute approximate surface area is 202 Å². The van der Waals surface area contributed by atoms with Crippen LogP contribution in [0.5, 0.6) is 5.75 Å². The van der Waals surface area contributed by atoms with Gasteiger partial charge in [-0.3, -0.25) is 4.31 Å². The molecule has 3 heterocycles. The summed E-state index contributed by atoms with van der Waals surface area (Å²) in [5.41, 5.74) is 3.24. The van der Waals surface area contributed by atoms with Crippen molar-refractivity contribution in [2.45, 2.75) is 17.9 Å². The molecule has 0 N–H and O–H groups in total. The number of nitrogens with zero attached hydrogens (tertiary/aromatic N) is 3. The van der Waals surface area contributed by atoms with Crippen molar-refractivity contribution in [2.24, 2.45) is 0 Å². The zero-order chi connectivity index (χ0) is 24.6. The molecule has 0 unspecified atom stereocenters. The Hall–Kier alpha value is -4.29. The standard InChI is InChI=1S/C26H21N3O5S/c1-33-25-10-9-20(35(31,32)29-13-11-18-6-2-3-7-23(18)29)14-21(25)26(30)34-17-19-16-28-12-5-4-8-24(28)22(19)15-27/h2-10,12,14,16H,11,13,17H2,1H3. The lowest BCUT2D eigenvalue weighted by Gasteiger charge is -2.20. The number of fused-ring (bicyclic) bond motifs is 2. The van der Waals surface area contributed by atoms with Crippen molar-refractivity contribution in [1.29, 1.82) is 5.26 Å². The maximum atomic E-state index is 13.4. The lowest BCUT2D eigenvalue weighted by Crippen LogP contribution is -2.29. The number of hydrogen-bond donors (Lipinski definition) is 0. The Bertz CT molecular complexity index is 1600. The summed E-state index contributed by atoms with van der Waals surface area (Å²) in [4.78, 5) is 13.0. The number of sulfonamides is 1. The molecule has 0 bridgehead atoms. The van der Waals surface area contributed by atoms with Gasteiger partial charge in [0.1, 0.15) is 24.0 Å². The van der Waals surface area contributed by atoms with Gasteiger partial charge in [-0.15, -0.1) is 0 Å². The molecule has 9 heteroatoms. The number of esters is 1. The molecule has 2 aromatic heterocycles. The second-order valence-corrected chi connectivity index (χ2v) is 9.89. The summed E-state index contributed by atoms with van der Waals surface area (Å²) in [6, 6.07) is 19.1. The van der Waals surface area contributed by atoms with Gasteiger partial charge in [-0.05, 0) is 48.4 Å². The normalized spacial score (nSPS) is 12.9. The second-order valence-electron chi connectivity index (χ2n) is 8.03. The third kappa shape index (κ3) is 3.88. The van der Waals surface area contributed by atoms with Crippen LogP contribution in [0, 0.1) is 11.3 Å². The van der Waals surface area contributed by atoms with Crippen molar-refractivity contribution in [2.75, 3.05) is 18.0 Å². The molecule has 0 aliphatic carbocycles. The molecule has 1 aliphatic rings. The molecule has 5 rings (SSSR count). The van der Waals surface area contributed by atoms with E-state index in [1.54, 1.807) is 35.0 Å². The largest absolute Gasteiger partial charge is 0.496 e. The van der Waals surface area contributed by atoms with Crippen LogP contribution in [0.25, 0.3) is 5.52 Å². The maximum Gasteiger partial charge on any atom is 0.342 e. The van der Waals surface area contributed by atoms with E-state index in [0.29, 0.717) is 35.3 Å². The average molecular weight is 488 g/mol. The predicted molar refractivity (Wildman–Crippen MR) is 129 cm³/mol. The maximum absolute atomic E-state index is 13.4. The van der Waals surface area contributed by atoms with E-state index in [9.17, 15) is 18.5 Å². The summed E-state index contributed by atoms with van der Waals surface area (Å²) in [5, 5.41) is 9.57. The number of benzene rings is 2. The fourth-order valence-electron chi connectivity index (χ4n) is 4.33. The molecule has 0 fully saturated rings. The summed E-state index contributed by atoms with van der Waals surface area (Å²) < 4.78 is 40.8. The van der Waals surface area contributed by atoms with Crippen LogP contribution in [0.1, 0.15) is 27.0 Å². The highest BCUT2D eigenvalue weighted by Gasteiger charge is 2.32. The number of methoxy groups -OCH3 is 1. The van der Waals surface area contributed by atoms with E-state index in [1.165, 1.54) is 29.6 Å². The topological polar surface area (TPSA) is 101 Å². The number of anilines is 1. The summed E-state index contributed by atoms with van der Waals surface area (Å²) in [7, 11) is -2.51. The molecule has 8 nitrogen and oxygen atoms in total. The molecular weight excluding hydrogens is 466 g/mol. The first-order chi connectivity index (χ1) is 16.9. The summed E-state index contributed by atoms with van der Waals surface area (Å²) in [6.45, 7) is 0.176. The molecule has 176 valence electrons. The second kappa shape index (κ2) is 8.81. The molecule has 0 spiro atoms. The predicted octanol–water partition coefficient (Wildman–Crippen LogP) is 3.93. The molecule has 2 aromatic carbocycles. The number of nitriles is 1. The van der Waals surface area contributed by atoms with Crippen LogP contribution < -0.4 is 9.04 Å². The highest BCUT2D eigenvalue weighted by molar-refractivity contribution is 7.92. The van der Waals surface area contributed by atoms with Crippen LogP contribution in [0.4, 0.5) is 5.69 Å². The molecule has 0 saturated carbocycles. The van der Waals surface area contributed by atoms with E-state index >= 15 is 0 Å². The molecular formula is C26H21N3O5S. The molecule has 0 atom stereocenters. The van der Waals surface area contributed by atoms with E-state index in [4.69, 9.17) is 9.47 Å². The van der Waals surface area contributed by atoms with E-state index in [1.807, 2.05) is 24.3 Å². The SMILES string of the molecule is COc1ccc(S(=O)(=O)N2CCc3ccccc32)cc1C(=O)OCc1cn2ccccc2c1C#N. The van der Waals surface area contributed by atoms with Crippen LogP contribution >= 0.6 is 0 Å². The van der Waals surface area contributed by atoms with Gasteiger partial charge in [0, 0.05) is 24.5 Å². The number of carbonyl (C=O) groups is 1. The fraction of sp³-hybridized carbons (Fsp3) is 0.154. The van der Waals surface area contributed by atoms with Crippen molar-refractivity contribution in [3.05, 3.63) is 95.3 Å². The van der Waals surface area contributed by atoms with Crippen molar-refractivity contribution in [3.63, 3.8) is 0 Å². The number of ether oxygens (including phenoxy) is 2. The third-order valence-corrected chi connectivity index (χ3v) is 7.87. The molecule has 0 saturated heterocycles. The van der Waals surface area contributed by atoms with E-state index in [2.05, 4.69) is 6.07 Å². The van der Waals surface area contributed by atoms with Gasteiger partial charge in [-0.25, -0.2) is 13.2 Å². The van der Waals surface area contributed by atoms with Gasteiger partial charge in [0.15, 0.2) is 0 Å². The Kier molecular flexibility index (Phi) is 5.67. The van der Waals surface area contributed by atoms with E-state index in [0.717, 1.165) is 5.56 Å².